The van der Waals surface area contributed by atoms with Crippen LogP contribution in [0.1, 0.15) is 16.7 Å². The molecule has 6 nitrogen and oxygen atoms in total. The van der Waals surface area contributed by atoms with Crippen LogP contribution in [0.5, 0.6) is 5.75 Å². The Labute approximate surface area is 138 Å². The lowest BCUT2D eigenvalue weighted by Crippen LogP contribution is -2.22. The van der Waals surface area contributed by atoms with Crippen molar-refractivity contribution in [1.29, 1.82) is 5.26 Å². The SMILES string of the molecule is N#Cc1ccccc1COc1ccccc1C=C1NC(=O)NC1=O. The number of nitrogens with zero attached hydrogens (tertiary/aromatic N) is 1. The van der Waals surface area contributed by atoms with Crippen molar-refractivity contribution in [1.82, 2.24) is 10.6 Å². The van der Waals surface area contributed by atoms with Crippen molar-refractivity contribution in [3.05, 3.63) is 70.9 Å². The molecule has 0 aromatic heterocycles. The third-order valence-electron chi connectivity index (χ3n) is 3.46. The van der Waals surface area contributed by atoms with E-state index in [-0.39, 0.29) is 12.3 Å². The minimum atomic E-state index is -0.549. The second kappa shape index (κ2) is 6.67. The van der Waals surface area contributed by atoms with Crippen molar-refractivity contribution < 1.29 is 14.3 Å². The molecule has 3 amide bonds. The number of urea groups is 1. The summed E-state index contributed by atoms with van der Waals surface area (Å²) in [5, 5.41) is 13.7. The molecule has 0 saturated carbocycles. The van der Waals surface area contributed by atoms with Crippen molar-refractivity contribution in [2.75, 3.05) is 0 Å². The second-order valence-corrected chi connectivity index (χ2v) is 5.06. The number of nitrogens with one attached hydrogen (secondary N) is 2. The number of hydrogen-bond donors (Lipinski definition) is 2. The molecule has 1 aliphatic heterocycles. The minimum absolute atomic E-state index is 0.161. The van der Waals surface area contributed by atoms with E-state index in [1.54, 1.807) is 42.5 Å². The van der Waals surface area contributed by atoms with Gasteiger partial charge < -0.3 is 10.1 Å². The van der Waals surface area contributed by atoms with Crippen LogP contribution in [0, 0.1) is 11.3 Å². The first-order valence-electron chi connectivity index (χ1n) is 7.21. The van der Waals surface area contributed by atoms with Crippen LogP contribution in [0.15, 0.2) is 54.2 Å². The van der Waals surface area contributed by atoms with Gasteiger partial charge in [-0.25, -0.2) is 4.79 Å². The van der Waals surface area contributed by atoms with E-state index in [1.165, 1.54) is 0 Å². The van der Waals surface area contributed by atoms with Crippen molar-refractivity contribution >= 4 is 18.0 Å². The molecule has 24 heavy (non-hydrogen) atoms. The van der Waals surface area contributed by atoms with Gasteiger partial charge in [0.1, 0.15) is 18.1 Å². The maximum atomic E-state index is 11.6. The van der Waals surface area contributed by atoms with Gasteiger partial charge in [-0.2, -0.15) is 5.26 Å². The number of carbonyl (C=O) groups is 2. The Morgan fingerprint density at radius 1 is 1.04 bits per heavy atom. The molecule has 1 saturated heterocycles. The lowest BCUT2D eigenvalue weighted by Gasteiger charge is -2.10. The first kappa shape index (κ1) is 15.3. The van der Waals surface area contributed by atoms with E-state index in [0.717, 1.165) is 5.56 Å². The normalized spacial score (nSPS) is 14.9. The molecule has 0 aliphatic carbocycles. The topological polar surface area (TPSA) is 91.2 Å². The third kappa shape index (κ3) is 3.25. The summed E-state index contributed by atoms with van der Waals surface area (Å²) in [5.41, 5.74) is 2.14. The predicted molar refractivity (Wildman–Crippen MR) is 86.6 cm³/mol. The first-order chi connectivity index (χ1) is 11.7. The van der Waals surface area contributed by atoms with E-state index in [9.17, 15) is 9.59 Å². The number of imide groups is 1. The molecule has 118 valence electrons. The summed E-state index contributed by atoms with van der Waals surface area (Å²) in [6.07, 6.45) is 1.55. The average Bonchev–Trinajstić information content (AvgIpc) is 2.91. The maximum absolute atomic E-state index is 11.6. The van der Waals surface area contributed by atoms with Crippen molar-refractivity contribution in [2.24, 2.45) is 0 Å². The Kier molecular flexibility index (Phi) is 4.25. The van der Waals surface area contributed by atoms with Gasteiger partial charge in [0.05, 0.1) is 11.6 Å². The molecular formula is C18H13N3O3. The zero-order valence-corrected chi connectivity index (χ0v) is 12.6. The van der Waals surface area contributed by atoms with E-state index in [0.29, 0.717) is 16.9 Å². The minimum Gasteiger partial charge on any atom is -0.488 e. The highest BCUT2D eigenvalue weighted by Crippen LogP contribution is 2.23. The third-order valence-corrected chi connectivity index (χ3v) is 3.46. The largest absolute Gasteiger partial charge is 0.488 e. The maximum Gasteiger partial charge on any atom is 0.326 e. The summed E-state index contributed by atoms with van der Waals surface area (Å²) >= 11 is 0. The Morgan fingerprint density at radius 2 is 1.79 bits per heavy atom. The fourth-order valence-corrected chi connectivity index (χ4v) is 2.28. The monoisotopic (exact) mass is 319 g/mol. The van der Waals surface area contributed by atoms with Gasteiger partial charge in [-0.3, -0.25) is 10.1 Å². The molecule has 0 spiro atoms. The van der Waals surface area contributed by atoms with Crippen LogP contribution < -0.4 is 15.4 Å². The molecule has 0 atom stereocenters. The molecule has 0 radical (unpaired) electrons. The highest BCUT2D eigenvalue weighted by molar-refractivity contribution is 6.14. The molecule has 0 bridgehead atoms. The Hall–Kier alpha value is -3.59. The number of hydrogen-bond acceptors (Lipinski definition) is 4. The quantitative estimate of drug-likeness (QED) is 0.668. The van der Waals surface area contributed by atoms with Crippen LogP contribution in [0.4, 0.5) is 4.79 Å². The van der Waals surface area contributed by atoms with Gasteiger partial charge in [0.2, 0.25) is 0 Å². The van der Waals surface area contributed by atoms with Crippen LogP contribution in [-0.4, -0.2) is 11.9 Å². The number of benzene rings is 2. The zero-order valence-electron chi connectivity index (χ0n) is 12.6. The van der Waals surface area contributed by atoms with Gasteiger partial charge in [-0.1, -0.05) is 36.4 Å². The number of ether oxygens (including phenoxy) is 1. The van der Waals surface area contributed by atoms with Gasteiger partial charge >= 0.3 is 6.03 Å². The summed E-state index contributed by atoms with van der Waals surface area (Å²) in [6.45, 7) is 0.225. The van der Waals surface area contributed by atoms with Gasteiger partial charge in [-0.15, -0.1) is 0 Å². The average molecular weight is 319 g/mol. The van der Waals surface area contributed by atoms with Gasteiger partial charge in [0, 0.05) is 11.1 Å². The summed E-state index contributed by atoms with van der Waals surface area (Å²) in [6, 6.07) is 15.9. The van der Waals surface area contributed by atoms with Gasteiger partial charge in [-0.05, 0) is 18.2 Å². The van der Waals surface area contributed by atoms with Gasteiger partial charge in [0.25, 0.3) is 5.91 Å². The van der Waals surface area contributed by atoms with Crippen molar-refractivity contribution in [2.45, 2.75) is 6.61 Å². The molecule has 1 heterocycles. The summed E-state index contributed by atoms with van der Waals surface area (Å²) in [4.78, 5) is 22.8. The molecule has 2 aromatic rings. The standard InChI is InChI=1S/C18H13N3O3/c19-10-13-6-1-2-7-14(13)11-24-16-8-4-3-5-12(16)9-15-17(22)21-18(23)20-15/h1-9H,11H2,(H2,20,21,22,23). The first-order valence-corrected chi connectivity index (χ1v) is 7.21. The van der Waals surface area contributed by atoms with E-state index >= 15 is 0 Å². The number of carbonyl (C=O) groups excluding carboxylic acids is 2. The number of amides is 3. The lowest BCUT2D eigenvalue weighted by atomic mass is 10.1. The Balaban J connectivity index is 1.83. The Bertz CT molecular complexity index is 881. The van der Waals surface area contributed by atoms with Crippen molar-refractivity contribution in [3.63, 3.8) is 0 Å². The Morgan fingerprint density at radius 3 is 2.54 bits per heavy atom. The molecule has 1 fully saturated rings. The second-order valence-electron chi connectivity index (χ2n) is 5.06. The van der Waals surface area contributed by atoms with E-state index in [2.05, 4.69) is 16.7 Å². The van der Waals surface area contributed by atoms with Gasteiger partial charge in [0.15, 0.2) is 0 Å². The summed E-state index contributed by atoms with van der Waals surface area (Å²) in [5.74, 6) is 0.0660. The van der Waals surface area contributed by atoms with Crippen LogP contribution in [0.2, 0.25) is 0 Å². The number of rotatable bonds is 4. The molecule has 2 aromatic carbocycles. The fraction of sp³-hybridized carbons (Fsp3) is 0.0556. The summed E-state index contributed by atoms with van der Waals surface area (Å²) in [7, 11) is 0. The number of para-hydroxylation sites is 1. The fourth-order valence-electron chi connectivity index (χ4n) is 2.28. The molecule has 1 aliphatic rings. The molecule has 0 unspecified atom stereocenters. The van der Waals surface area contributed by atoms with Crippen LogP contribution >= 0.6 is 0 Å². The lowest BCUT2D eigenvalue weighted by molar-refractivity contribution is -0.115. The van der Waals surface area contributed by atoms with E-state index in [1.807, 2.05) is 12.1 Å². The van der Waals surface area contributed by atoms with Crippen LogP contribution in [-0.2, 0) is 11.4 Å². The van der Waals surface area contributed by atoms with Crippen molar-refractivity contribution in [3.8, 4) is 11.8 Å². The molecule has 6 heteroatoms. The highest BCUT2D eigenvalue weighted by atomic mass is 16.5. The number of nitriles is 1. The van der Waals surface area contributed by atoms with E-state index < -0.39 is 11.9 Å². The molecular weight excluding hydrogens is 306 g/mol. The highest BCUT2D eigenvalue weighted by Gasteiger charge is 2.23. The van der Waals surface area contributed by atoms with Crippen LogP contribution in [0.3, 0.4) is 0 Å². The zero-order chi connectivity index (χ0) is 16.9. The smallest absolute Gasteiger partial charge is 0.326 e. The van der Waals surface area contributed by atoms with Crippen LogP contribution in [0.25, 0.3) is 6.08 Å². The summed E-state index contributed by atoms with van der Waals surface area (Å²) < 4.78 is 5.80. The molecule has 3 rings (SSSR count). The van der Waals surface area contributed by atoms with E-state index in [4.69, 9.17) is 10.00 Å². The molecule has 2 N–H and O–H groups in total. The predicted octanol–water partition coefficient (Wildman–Crippen LogP) is 2.32.